The average molecular weight is 386 g/mol. The highest BCUT2D eigenvalue weighted by Gasteiger charge is 2.26. The van der Waals surface area contributed by atoms with E-state index < -0.39 is 0 Å². The fourth-order valence-electron chi connectivity index (χ4n) is 3.25. The highest BCUT2D eigenvalue weighted by molar-refractivity contribution is 6.31. The lowest BCUT2D eigenvalue weighted by atomic mass is 9.96. The molecule has 0 saturated carbocycles. The molecule has 2 N–H and O–H groups in total. The van der Waals surface area contributed by atoms with Crippen LogP contribution in [0.15, 0.2) is 48.5 Å². The van der Waals surface area contributed by atoms with Gasteiger partial charge in [-0.1, -0.05) is 35.9 Å². The van der Waals surface area contributed by atoms with Crippen molar-refractivity contribution in [2.75, 3.05) is 30.3 Å². The van der Waals surface area contributed by atoms with Crippen molar-refractivity contribution in [2.24, 2.45) is 5.92 Å². The van der Waals surface area contributed by atoms with Crippen molar-refractivity contribution in [3.8, 4) is 0 Å². The Balaban J connectivity index is 1.45. The van der Waals surface area contributed by atoms with Crippen molar-refractivity contribution >= 4 is 34.8 Å². The first-order chi connectivity index (χ1) is 13.0. The fourth-order valence-corrected chi connectivity index (χ4v) is 3.43. The van der Waals surface area contributed by atoms with Crippen LogP contribution in [0, 0.1) is 12.8 Å². The lowest BCUT2D eigenvalue weighted by Crippen LogP contribution is -2.41. The number of para-hydroxylation sites is 1. The van der Waals surface area contributed by atoms with Crippen LogP contribution < -0.4 is 10.6 Å². The SMILES string of the molecule is Cc1c(Cl)cccc1NC(=O)CN1CCC(C(=O)Nc2ccccc2)CC1. The van der Waals surface area contributed by atoms with Crippen molar-refractivity contribution in [2.45, 2.75) is 19.8 Å². The Morgan fingerprint density at radius 2 is 1.74 bits per heavy atom. The number of carbonyl (C=O) groups excluding carboxylic acids is 2. The second kappa shape index (κ2) is 9.02. The molecule has 0 bridgehead atoms. The molecule has 0 radical (unpaired) electrons. The molecule has 1 heterocycles. The highest BCUT2D eigenvalue weighted by atomic mass is 35.5. The molecule has 2 aromatic rings. The quantitative estimate of drug-likeness (QED) is 0.819. The number of anilines is 2. The third kappa shape index (κ3) is 5.31. The van der Waals surface area contributed by atoms with Gasteiger partial charge in [0.25, 0.3) is 0 Å². The van der Waals surface area contributed by atoms with Crippen molar-refractivity contribution in [1.82, 2.24) is 4.90 Å². The standard InChI is InChI=1S/C21H24ClN3O2/c1-15-18(22)8-5-9-19(15)24-20(26)14-25-12-10-16(11-13-25)21(27)23-17-6-3-2-4-7-17/h2-9,16H,10-14H2,1H3,(H,23,27)(H,24,26). The Hall–Kier alpha value is -2.37. The summed E-state index contributed by atoms with van der Waals surface area (Å²) in [5.41, 5.74) is 2.43. The van der Waals surface area contributed by atoms with Gasteiger partial charge in [-0.3, -0.25) is 14.5 Å². The van der Waals surface area contributed by atoms with Crippen LogP contribution in [-0.2, 0) is 9.59 Å². The maximum absolute atomic E-state index is 12.4. The average Bonchev–Trinajstić information content (AvgIpc) is 2.67. The van der Waals surface area contributed by atoms with E-state index in [-0.39, 0.29) is 17.7 Å². The number of benzene rings is 2. The maximum atomic E-state index is 12.4. The first kappa shape index (κ1) is 19.4. The summed E-state index contributed by atoms with van der Waals surface area (Å²) >= 11 is 6.09. The third-order valence-electron chi connectivity index (χ3n) is 4.91. The molecule has 0 spiro atoms. The number of amides is 2. The minimum atomic E-state index is -0.0625. The molecule has 2 amide bonds. The van der Waals surface area contributed by atoms with E-state index in [0.29, 0.717) is 11.6 Å². The molecule has 1 fully saturated rings. The smallest absolute Gasteiger partial charge is 0.238 e. The van der Waals surface area contributed by atoms with E-state index in [1.54, 1.807) is 6.07 Å². The molecular weight excluding hydrogens is 362 g/mol. The van der Waals surface area contributed by atoms with Crippen LogP contribution in [0.2, 0.25) is 5.02 Å². The first-order valence-corrected chi connectivity index (χ1v) is 9.54. The number of likely N-dealkylation sites (tertiary alicyclic amines) is 1. The molecule has 1 aliphatic rings. The van der Waals surface area contributed by atoms with Gasteiger partial charge in [-0.05, 0) is 62.7 Å². The van der Waals surface area contributed by atoms with E-state index >= 15 is 0 Å². The summed E-state index contributed by atoms with van der Waals surface area (Å²) in [5, 5.41) is 6.52. The molecule has 0 aromatic heterocycles. The number of hydrogen-bond acceptors (Lipinski definition) is 3. The van der Waals surface area contributed by atoms with E-state index in [9.17, 15) is 9.59 Å². The Kier molecular flexibility index (Phi) is 6.48. The number of rotatable bonds is 5. The van der Waals surface area contributed by atoms with Crippen LogP contribution in [0.5, 0.6) is 0 Å². The molecule has 2 aromatic carbocycles. The number of hydrogen-bond donors (Lipinski definition) is 2. The predicted octanol–water partition coefficient (Wildman–Crippen LogP) is 3.94. The van der Waals surface area contributed by atoms with Crippen molar-refractivity contribution in [1.29, 1.82) is 0 Å². The van der Waals surface area contributed by atoms with Gasteiger partial charge in [0, 0.05) is 22.3 Å². The zero-order valence-corrected chi connectivity index (χ0v) is 16.1. The summed E-state index contributed by atoms with van der Waals surface area (Å²) in [5.74, 6) is -0.0212. The Morgan fingerprint density at radius 1 is 1.04 bits per heavy atom. The Labute approximate surface area is 164 Å². The van der Waals surface area contributed by atoms with E-state index in [4.69, 9.17) is 11.6 Å². The summed E-state index contributed by atoms with van der Waals surface area (Å²) in [6.45, 7) is 3.66. The van der Waals surface area contributed by atoms with Gasteiger partial charge in [-0.25, -0.2) is 0 Å². The van der Waals surface area contributed by atoms with E-state index in [1.807, 2.05) is 49.4 Å². The van der Waals surface area contributed by atoms with Crippen LogP contribution in [0.3, 0.4) is 0 Å². The predicted molar refractivity (Wildman–Crippen MR) is 109 cm³/mol. The summed E-state index contributed by atoms with van der Waals surface area (Å²) in [6.07, 6.45) is 1.50. The molecule has 1 aliphatic heterocycles. The molecule has 6 heteroatoms. The first-order valence-electron chi connectivity index (χ1n) is 9.16. The van der Waals surface area contributed by atoms with E-state index in [2.05, 4.69) is 15.5 Å². The molecular formula is C21H24ClN3O2. The number of carbonyl (C=O) groups is 2. The molecule has 27 heavy (non-hydrogen) atoms. The van der Waals surface area contributed by atoms with Gasteiger partial charge in [0.15, 0.2) is 0 Å². The largest absolute Gasteiger partial charge is 0.326 e. The fraction of sp³-hybridized carbons (Fsp3) is 0.333. The minimum absolute atomic E-state index is 0.0142. The zero-order valence-electron chi connectivity index (χ0n) is 15.4. The maximum Gasteiger partial charge on any atom is 0.238 e. The van der Waals surface area contributed by atoms with Crippen LogP contribution in [-0.4, -0.2) is 36.3 Å². The lowest BCUT2D eigenvalue weighted by Gasteiger charge is -2.30. The third-order valence-corrected chi connectivity index (χ3v) is 5.32. The Bertz CT molecular complexity index is 802. The van der Waals surface area contributed by atoms with Gasteiger partial charge in [0.1, 0.15) is 0 Å². The molecule has 0 aliphatic carbocycles. The summed E-state index contributed by atoms with van der Waals surface area (Å²) in [6, 6.07) is 15.0. The van der Waals surface area contributed by atoms with Crippen LogP contribution >= 0.6 is 11.6 Å². The van der Waals surface area contributed by atoms with E-state index in [0.717, 1.165) is 42.9 Å². The second-order valence-electron chi connectivity index (χ2n) is 6.87. The van der Waals surface area contributed by atoms with Gasteiger partial charge in [-0.2, -0.15) is 0 Å². The monoisotopic (exact) mass is 385 g/mol. The summed E-state index contributed by atoms with van der Waals surface area (Å²) in [7, 11) is 0. The molecule has 1 saturated heterocycles. The van der Waals surface area contributed by atoms with Gasteiger partial charge in [0.2, 0.25) is 11.8 Å². The number of halogens is 1. The number of nitrogens with zero attached hydrogens (tertiary/aromatic N) is 1. The molecule has 5 nitrogen and oxygen atoms in total. The Morgan fingerprint density at radius 3 is 2.44 bits per heavy atom. The zero-order chi connectivity index (χ0) is 19.2. The van der Waals surface area contributed by atoms with Gasteiger partial charge in [-0.15, -0.1) is 0 Å². The van der Waals surface area contributed by atoms with Crippen LogP contribution in [0.4, 0.5) is 11.4 Å². The molecule has 0 atom stereocenters. The minimum Gasteiger partial charge on any atom is -0.326 e. The van der Waals surface area contributed by atoms with Crippen LogP contribution in [0.1, 0.15) is 18.4 Å². The van der Waals surface area contributed by atoms with Crippen molar-refractivity contribution < 1.29 is 9.59 Å². The lowest BCUT2D eigenvalue weighted by molar-refractivity contribution is -0.121. The van der Waals surface area contributed by atoms with E-state index in [1.165, 1.54) is 0 Å². The topological polar surface area (TPSA) is 61.4 Å². The van der Waals surface area contributed by atoms with Crippen molar-refractivity contribution in [3.63, 3.8) is 0 Å². The summed E-state index contributed by atoms with van der Waals surface area (Å²) in [4.78, 5) is 26.8. The van der Waals surface area contributed by atoms with Gasteiger partial charge >= 0.3 is 0 Å². The molecule has 3 rings (SSSR count). The normalized spacial score (nSPS) is 15.3. The van der Waals surface area contributed by atoms with Crippen LogP contribution in [0.25, 0.3) is 0 Å². The summed E-state index contributed by atoms with van der Waals surface area (Å²) < 4.78 is 0. The van der Waals surface area contributed by atoms with Gasteiger partial charge < -0.3 is 10.6 Å². The highest BCUT2D eigenvalue weighted by Crippen LogP contribution is 2.23. The molecule has 142 valence electrons. The number of piperidine rings is 1. The number of nitrogens with one attached hydrogen (secondary N) is 2. The van der Waals surface area contributed by atoms with Gasteiger partial charge in [0.05, 0.1) is 6.54 Å². The van der Waals surface area contributed by atoms with Crippen molar-refractivity contribution in [3.05, 3.63) is 59.1 Å². The molecule has 0 unspecified atom stereocenters. The second-order valence-corrected chi connectivity index (χ2v) is 7.27.